The van der Waals surface area contributed by atoms with Gasteiger partial charge < -0.3 is 10.3 Å². The molecular weight excluding hydrogens is 295 g/mol. The van der Waals surface area contributed by atoms with E-state index in [9.17, 15) is 9.18 Å². The monoisotopic (exact) mass is 316 g/mol. The Morgan fingerprint density at radius 1 is 1.43 bits per heavy atom. The van der Waals surface area contributed by atoms with Crippen molar-refractivity contribution in [3.8, 4) is 0 Å². The molecule has 1 atom stereocenters. The first-order valence-electron chi connectivity index (χ1n) is 7.89. The van der Waals surface area contributed by atoms with Gasteiger partial charge in [-0.05, 0) is 44.0 Å². The van der Waals surface area contributed by atoms with E-state index in [-0.39, 0.29) is 17.8 Å². The molecule has 2 N–H and O–H groups in total. The van der Waals surface area contributed by atoms with E-state index in [2.05, 4.69) is 20.2 Å². The lowest BCUT2D eigenvalue weighted by Crippen LogP contribution is -2.47. The average Bonchev–Trinajstić information content (AvgIpc) is 2.97. The highest BCUT2D eigenvalue weighted by molar-refractivity contribution is 5.90. The summed E-state index contributed by atoms with van der Waals surface area (Å²) in [5.41, 5.74) is 1.96. The predicted octanol–water partition coefficient (Wildman–Crippen LogP) is 2.25. The number of hydrogen-bond acceptors (Lipinski definition) is 3. The topological polar surface area (TPSA) is 61.0 Å². The molecule has 0 bridgehead atoms. The molecule has 0 spiro atoms. The standard InChI is InChI=1S/C17H21FN4O/c1-12-9-19-16(20-12)17(23)21-15-3-2-8-22(11-15)10-13-4-6-14(18)7-5-13/h4-7,9,15H,2-3,8,10-11H2,1H3,(H,19,20)(H,21,23)/t15-/m1/s1. The van der Waals surface area contributed by atoms with E-state index in [1.54, 1.807) is 6.20 Å². The number of nitrogens with one attached hydrogen (secondary N) is 2. The maximum absolute atomic E-state index is 13.0. The number of carbonyl (C=O) groups excluding carboxylic acids is 1. The second-order valence-electron chi connectivity index (χ2n) is 6.09. The summed E-state index contributed by atoms with van der Waals surface area (Å²) in [5, 5.41) is 3.04. The lowest BCUT2D eigenvalue weighted by molar-refractivity contribution is 0.0891. The van der Waals surface area contributed by atoms with Gasteiger partial charge in [-0.1, -0.05) is 12.1 Å². The highest BCUT2D eigenvalue weighted by Crippen LogP contribution is 2.14. The number of H-pyrrole nitrogens is 1. The molecule has 0 unspecified atom stereocenters. The van der Waals surface area contributed by atoms with E-state index in [1.807, 2.05) is 19.1 Å². The molecule has 23 heavy (non-hydrogen) atoms. The summed E-state index contributed by atoms with van der Waals surface area (Å²) in [5.74, 6) is -0.0174. The van der Waals surface area contributed by atoms with Crippen LogP contribution in [0.2, 0.25) is 0 Å². The van der Waals surface area contributed by atoms with Gasteiger partial charge in [0.25, 0.3) is 5.91 Å². The van der Waals surface area contributed by atoms with E-state index in [1.165, 1.54) is 12.1 Å². The van der Waals surface area contributed by atoms with Crippen LogP contribution in [0.5, 0.6) is 0 Å². The van der Waals surface area contributed by atoms with E-state index >= 15 is 0 Å². The molecule has 3 rings (SSSR count). The Morgan fingerprint density at radius 2 is 2.22 bits per heavy atom. The fourth-order valence-electron chi connectivity index (χ4n) is 2.95. The van der Waals surface area contributed by atoms with Crippen LogP contribution in [-0.4, -0.2) is 39.9 Å². The average molecular weight is 316 g/mol. The Bertz CT molecular complexity index is 667. The van der Waals surface area contributed by atoms with Crippen LogP contribution in [0.3, 0.4) is 0 Å². The quantitative estimate of drug-likeness (QED) is 0.909. The maximum atomic E-state index is 13.0. The largest absolute Gasteiger partial charge is 0.345 e. The molecule has 1 amide bonds. The summed E-state index contributed by atoms with van der Waals surface area (Å²) in [4.78, 5) is 21.5. The minimum atomic E-state index is -0.216. The first-order chi connectivity index (χ1) is 11.1. The number of nitrogens with zero attached hydrogens (tertiary/aromatic N) is 2. The van der Waals surface area contributed by atoms with E-state index in [4.69, 9.17) is 0 Å². The van der Waals surface area contributed by atoms with Crippen LogP contribution in [0.4, 0.5) is 4.39 Å². The minimum Gasteiger partial charge on any atom is -0.345 e. The maximum Gasteiger partial charge on any atom is 0.287 e. The number of rotatable bonds is 4. The number of aromatic nitrogens is 2. The molecule has 1 aromatic carbocycles. The van der Waals surface area contributed by atoms with Crippen molar-refractivity contribution in [1.29, 1.82) is 0 Å². The molecular formula is C17H21FN4O. The van der Waals surface area contributed by atoms with Crippen molar-refractivity contribution < 1.29 is 9.18 Å². The number of piperidine rings is 1. The molecule has 1 fully saturated rings. The Labute approximate surface area is 134 Å². The van der Waals surface area contributed by atoms with Crippen molar-refractivity contribution >= 4 is 5.91 Å². The Kier molecular flexibility index (Phi) is 4.71. The smallest absolute Gasteiger partial charge is 0.287 e. The summed E-state index contributed by atoms with van der Waals surface area (Å²) in [6.07, 6.45) is 3.64. The molecule has 1 aliphatic heterocycles. The van der Waals surface area contributed by atoms with Crippen molar-refractivity contribution in [3.63, 3.8) is 0 Å². The molecule has 2 aromatic rings. The van der Waals surface area contributed by atoms with Gasteiger partial charge in [0.15, 0.2) is 5.82 Å². The molecule has 0 aliphatic carbocycles. The third kappa shape index (κ3) is 4.16. The first-order valence-corrected chi connectivity index (χ1v) is 7.89. The molecule has 0 radical (unpaired) electrons. The molecule has 122 valence electrons. The van der Waals surface area contributed by atoms with Crippen molar-refractivity contribution in [2.75, 3.05) is 13.1 Å². The second kappa shape index (κ2) is 6.91. The highest BCUT2D eigenvalue weighted by Gasteiger charge is 2.22. The van der Waals surface area contributed by atoms with E-state index in [0.29, 0.717) is 5.82 Å². The molecule has 0 saturated carbocycles. The molecule has 5 nitrogen and oxygen atoms in total. The predicted molar refractivity (Wildman–Crippen MR) is 85.5 cm³/mol. The van der Waals surface area contributed by atoms with Crippen LogP contribution in [0, 0.1) is 12.7 Å². The normalized spacial score (nSPS) is 18.8. The van der Waals surface area contributed by atoms with Crippen molar-refractivity contribution in [1.82, 2.24) is 20.2 Å². The third-order valence-corrected chi connectivity index (χ3v) is 4.08. The fraction of sp³-hybridized carbons (Fsp3) is 0.412. The first kappa shape index (κ1) is 15.7. The van der Waals surface area contributed by atoms with Gasteiger partial charge in [0.2, 0.25) is 0 Å². The molecule has 2 heterocycles. The van der Waals surface area contributed by atoms with Crippen molar-refractivity contribution in [2.24, 2.45) is 0 Å². The van der Waals surface area contributed by atoms with Gasteiger partial charge in [-0.25, -0.2) is 9.37 Å². The van der Waals surface area contributed by atoms with Crippen LogP contribution in [0.1, 0.15) is 34.7 Å². The number of aryl methyl sites for hydroxylation is 1. The molecule has 6 heteroatoms. The summed E-state index contributed by atoms with van der Waals surface area (Å²) in [6, 6.07) is 6.70. The van der Waals surface area contributed by atoms with E-state index in [0.717, 1.165) is 43.7 Å². The number of hydrogen-bond donors (Lipinski definition) is 2. The summed E-state index contributed by atoms with van der Waals surface area (Å²) < 4.78 is 13.0. The second-order valence-corrected chi connectivity index (χ2v) is 6.09. The highest BCUT2D eigenvalue weighted by atomic mass is 19.1. The number of carbonyl (C=O) groups is 1. The zero-order chi connectivity index (χ0) is 16.2. The third-order valence-electron chi connectivity index (χ3n) is 4.08. The van der Waals surface area contributed by atoms with Gasteiger partial charge in [0, 0.05) is 31.0 Å². The number of benzene rings is 1. The van der Waals surface area contributed by atoms with Crippen LogP contribution < -0.4 is 5.32 Å². The fourth-order valence-corrected chi connectivity index (χ4v) is 2.95. The van der Waals surface area contributed by atoms with Gasteiger partial charge in [-0.2, -0.15) is 0 Å². The van der Waals surface area contributed by atoms with Crippen LogP contribution >= 0.6 is 0 Å². The lowest BCUT2D eigenvalue weighted by Gasteiger charge is -2.33. The number of amides is 1. The van der Waals surface area contributed by atoms with Crippen LogP contribution in [0.15, 0.2) is 30.5 Å². The van der Waals surface area contributed by atoms with Gasteiger partial charge >= 0.3 is 0 Å². The van der Waals surface area contributed by atoms with Crippen molar-refractivity contribution in [2.45, 2.75) is 32.4 Å². The number of imidazole rings is 1. The summed E-state index contributed by atoms with van der Waals surface area (Å²) in [7, 11) is 0. The molecule has 1 saturated heterocycles. The lowest BCUT2D eigenvalue weighted by atomic mass is 10.0. The van der Waals surface area contributed by atoms with Gasteiger partial charge in [0.1, 0.15) is 5.82 Å². The van der Waals surface area contributed by atoms with Crippen LogP contribution in [0.25, 0.3) is 0 Å². The van der Waals surface area contributed by atoms with Gasteiger partial charge in [-0.3, -0.25) is 9.69 Å². The Hall–Kier alpha value is -2.21. The summed E-state index contributed by atoms with van der Waals surface area (Å²) in [6.45, 7) is 4.42. The Morgan fingerprint density at radius 3 is 2.91 bits per heavy atom. The zero-order valence-corrected chi connectivity index (χ0v) is 13.2. The molecule has 1 aromatic heterocycles. The molecule has 1 aliphatic rings. The van der Waals surface area contributed by atoms with Crippen LogP contribution in [-0.2, 0) is 6.54 Å². The SMILES string of the molecule is Cc1cnc(C(=O)N[C@@H]2CCCN(Cc3ccc(F)cc3)C2)[nH]1. The van der Waals surface area contributed by atoms with Crippen molar-refractivity contribution in [3.05, 3.63) is 53.4 Å². The zero-order valence-electron chi connectivity index (χ0n) is 13.2. The number of aromatic amines is 1. The summed E-state index contributed by atoms with van der Waals surface area (Å²) >= 11 is 0. The number of likely N-dealkylation sites (tertiary alicyclic amines) is 1. The number of halogens is 1. The van der Waals surface area contributed by atoms with Gasteiger partial charge in [-0.15, -0.1) is 0 Å². The van der Waals surface area contributed by atoms with E-state index < -0.39 is 0 Å². The van der Waals surface area contributed by atoms with Gasteiger partial charge in [0.05, 0.1) is 0 Å². The Balaban J connectivity index is 1.55. The minimum absolute atomic E-state index is 0.113.